The largest absolute Gasteiger partial charge is 0.373 e. The van der Waals surface area contributed by atoms with Crippen LogP contribution < -0.4 is 10.6 Å². The van der Waals surface area contributed by atoms with Crippen LogP contribution in [-0.4, -0.2) is 24.1 Å². The molecule has 0 spiro atoms. The Bertz CT molecular complexity index is 261. The first kappa shape index (κ1) is 9.77. The van der Waals surface area contributed by atoms with E-state index >= 15 is 0 Å². The lowest BCUT2D eigenvalue weighted by molar-refractivity contribution is 0.851. The number of hydrogen-bond acceptors (Lipinski definition) is 4. The zero-order valence-electron chi connectivity index (χ0n) is 8.55. The van der Waals surface area contributed by atoms with Gasteiger partial charge in [-0.05, 0) is 5.92 Å². The van der Waals surface area contributed by atoms with E-state index in [4.69, 9.17) is 0 Å². The molecular formula is C9H16N4. The number of nitrogens with one attached hydrogen (secondary N) is 2. The molecule has 1 aromatic rings. The average molecular weight is 180 g/mol. The first-order valence-corrected chi connectivity index (χ1v) is 4.41. The summed E-state index contributed by atoms with van der Waals surface area (Å²) in [5.74, 6) is 2.20. The number of aromatic nitrogens is 2. The van der Waals surface area contributed by atoms with Gasteiger partial charge < -0.3 is 10.6 Å². The number of rotatable bonds is 3. The molecule has 1 aromatic heterocycles. The van der Waals surface area contributed by atoms with Crippen molar-refractivity contribution in [3.63, 3.8) is 0 Å². The molecule has 13 heavy (non-hydrogen) atoms. The van der Waals surface area contributed by atoms with E-state index in [0.717, 1.165) is 17.2 Å². The molecule has 1 rings (SSSR count). The molecule has 2 N–H and O–H groups in total. The van der Waals surface area contributed by atoms with Crippen LogP contribution in [0.1, 0.15) is 25.3 Å². The lowest BCUT2D eigenvalue weighted by atomic mass is 10.0. The van der Waals surface area contributed by atoms with Crippen LogP contribution in [0.5, 0.6) is 0 Å². The second-order valence-corrected chi connectivity index (χ2v) is 3.14. The molecule has 0 bridgehead atoms. The summed E-state index contributed by atoms with van der Waals surface area (Å²) < 4.78 is 0. The molecule has 0 aliphatic heterocycles. The Morgan fingerprint density at radius 2 is 1.54 bits per heavy atom. The third-order valence-electron chi connectivity index (χ3n) is 1.93. The van der Waals surface area contributed by atoms with Gasteiger partial charge in [-0.15, -0.1) is 0 Å². The van der Waals surface area contributed by atoms with Gasteiger partial charge in [0, 0.05) is 19.7 Å². The Kier molecular flexibility index (Phi) is 3.06. The maximum Gasteiger partial charge on any atom is 0.134 e. The quantitative estimate of drug-likeness (QED) is 0.743. The highest BCUT2D eigenvalue weighted by Crippen LogP contribution is 2.27. The zero-order valence-corrected chi connectivity index (χ0v) is 8.55. The molecule has 0 aromatic carbocycles. The van der Waals surface area contributed by atoms with Gasteiger partial charge in [-0.2, -0.15) is 0 Å². The van der Waals surface area contributed by atoms with Gasteiger partial charge in [-0.25, -0.2) is 9.97 Å². The molecule has 0 unspecified atom stereocenters. The third-order valence-corrected chi connectivity index (χ3v) is 1.93. The first-order valence-electron chi connectivity index (χ1n) is 4.41. The fourth-order valence-corrected chi connectivity index (χ4v) is 1.34. The Morgan fingerprint density at radius 3 is 1.85 bits per heavy atom. The monoisotopic (exact) mass is 180 g/mol. The van der Waals surface area contributed by atoms with Gasteiger partial charge in [0.2, 0.25) is 0 Å². The van der Waals surface area contributed by atoms with Gasteiger partial charge in [0.25, 0.3) is 0 Å². The predicted molar refractivity (Wildman–Crippen MR) is 55.2 cm³/mol. The van der Waals surface area contributed by atoms with E-state index < -0.39 is 0 Å². The minimum atomic E-state index is 0.408. The second kappa shape index (κ2) is 4.07. The molecule has 0 aliphatic carbocycles. The van der Waals surface area contributed by atoms with Crippen molar-refractivity contribution in [2.45, 2.75) is 19.8 Å². The summed E-state index contributed by atoms with van der Waals surface area (Å²) >= 11 is 0. The van der Waals surface area contributed by atoms with Crippen LogP contribution in [0.4, 0.5) is 11.6 Å². The van der Waals surface area contributed by atoms with Crippen LogP contribution in [0.15, 0.2) is 6.33 Å². The van der Waals surface area contributed by atoms with Gasteiger partial charge in [-0.3, -0.25) is 0 Å². The molecule has 0 aliphatic rings. The van der Waals surface area contributed by atoms with E-state index in [0.29, 0.717) is 5.92 Å². The smallest absolute Gasteiger partial charge is 0.134 e. The van der Waals surface area contributed by atoms with Crippen LogP contribution >= 0.6 is 0 Å². The van der Waals surface area contributed by atoms with Crippen molar-refractivity contribution in [1.29, 1.82) is 0 Å². The molecule has 4 heteroatoms. The zero-order chi connectivity index (χ0) is 9.84. The average Bonchev–Trinajstić information content (AvgIpc) is 2.16. The predicted octanol–water partition coefficient (Wildman–Crippen LogP) is 1.68. The van der Waals surface area contributed by atoms with E-state index in [1.807, 2.05) is 14.1 Å². The number of hydrogen-bond donors (Lipinski definition) is 2. The molecule has 0 atom stereocenters. The highest BCUT2D eigenvalue weighted by Gasteiger charge is 2.12. The van der Waals surface area contributed by atoms with Gasteiger partial charge in [-0.1, -0.05) is 13.8 Å². The number of nitrogens with zero attached hydrogens (tertiary/aromatic N) is 2. The highest BCUT2D eigenvalue weighted by atomic mass is 15.1. The third kappa shape index (κ3) is 1.88. The topological polar surface area (TPSA) is 49.8 Å². The molecule has 72 valence electrons. The lowest BCUT2D eigenvalue weighted by Crippen LogP contribution is -2.06. The molecule has 0 amide bonds. The van der Waals surface area contributed by atoms with Gasteiger partial charge in [0.1, 0.15) is 18.0 Å². The molecule has 1 heterocycles. The second-order valence-electron chi connectivity index (χ2n) is 3.14. The van der Waals surface area contributed by atoms with Gasteiger partial charge >= 0.3 is 0 Å². The Hall–Kier alpha value is -1.32. The number of anilines is 2. The van der Waals surface area contributed by atoms with Crippen LogP contribution in [-0.2, 0) is 0 Å². The Balaban J connectivity index is 3.21. The summed E-state index contributed by atoms with van der Waals surface area (Å²) in [5.41, 5.74) is 1.13. The lowest BCUT2D eigenvalue weighted by Gasteiger charge is -2.14. The van der Waals surface area contributed by atoms with Crippen molar-refractivity contribution in [2.24, 2.45) is 0 Å². The summed E-state index contributed by atoms with van der Waals surface area (Å²) in [4.78, 5) is 8.33. The summed E-state index contributed by atoms with van der Waals surface area (Å²) in [7, 11) is 3.74. The van der Waals surface area contributed by atoms with Gasteiger partial charge in [0.15, 0.2) is 0 Å². The molecule has 0 fully saturated rings. The van der Waals surface area contributed by atoms with Crippen LogP contribution in [0, 0.1) is 0 Å². The van der Waals surface area contributed by atoms with Crippen molar-refractivity contribution >= 4 is 11.6 Å². The molecule has 0 radical (unpaired) electrons. The minimum Gasteiger partial charge on any atom is -0.373 e. The van der Waals surface area contributed by atoms with Crippen molar-refractivity contribution in [3.05, 3.63) is 11.9 Å². The van der Waals surface area contributed by atoms with Crippen molar-refractivity contribution in [1.82, 2.24) is 9.97 Å². The highest BCUT2D eigenvalue weighted by molar-refractivity contribution is 5.58. The summed E-state index contributed by atoms with van der Waals surface area (Å²) in [5, 5.41) is 6.12. The molecule has 0 saturated heterocycles. The summed E-state index contributed by atoms with van der Waals surface area (Å²) in [6.45, 7) is 4.25. The van der Waals surface area contributed by atoms with Crippen LogP contribution in [0.2, 0.25) is 0 Å². The molecule has 0 saturated carbocycles. The van der Waals surface area contributed by atoms with Crippen LogP contribution in [0.25, 0.3) is 0 Å². The van der Waals surface area contributed by atoms with Gasteiger partial charge in [0.05, 0.1) is 0 Å². The van der Waals surface area contributed by atoms with E-state index in [1.165, 1.54) is 0 Å². The fraction of sp³-hybridized carbons (Fsp3) is 0.556. The molecule has 4 nitrogen and oxygen atoms in total. The first-order chi connectivity index (χ1) is 6.20. The van der Waals surface area contributed by atoms with Crippen molar-refractivity contribution < 1.29 is 0 Å². The Labute approximate surface area is 78.8 Å². The maximum atomic E-state index is 4.16. The maximum absolute atomic E-state index is 4.16. The van der Waals surface area contributed by atoms with E-state index in [2.05, 4.69) is 34.4 Å². The molecular weight excluding hydrogens is 164 g/mol. The minimum absolute atomic E-state index is 0.408. The fourth-order valence-electron chi connectivity index (χ4n) is 1.34. The normalized spacial score (nSPS) is 10.2. The standard InChI is InChI=1S/C9H16N4/c1-6(2)7-8(10-3)12-5-13-9(7)11-4/h5-6H,1-4H3,(H2,10,11,12,13). The Morgan fingerprint density at radius 1 is 1.08 bits per heavy atom. The van der Waals surface area contributed by atoms with E-state index in [-0.39, 0.29) is 0 Å². The van der Waals surface area contributed by atoms with Crippen molar-refractivity contribution in [2.75, 3.05) is 24.7 Å². The van der Waals surface area contributed by atoms with E-state index in [1.54, 1.807) is 6.33 Å². The summed E-state index contributed by atoms with van der Waals surface area (Å²) in [6.07, 6.45) is 1.56. The summed E-state index contributed by atoms with van der Waals surface area (Å²) in [6, 6.07) is 0. The van der Waals surface area contributed by atoms with Crippen LogP contribution in [0.3, 0.4) is 0 Å². The van der Waals surface area contributed by atoms with E-state index in [9.17, 15) is 0 Å². The van der Waals surface area contributed by atoms with Crippen molar-refractivity contribution in [3.8, 4) is 0 Å². The SMILES string of the molecule is CNc1ncnc(NC)c1C(C)C.